The number of pyridine rings is 1. The molecule has 1 aromatic carbocycles. The highest BCUT2D eigenvalue weighted by atomic mass is 19.4. The van der Waals surface area contributed by atoms with E-state index in [2.05, 4.69) is 10.1 Å². The number of nitrogens with zero attached hydrogens (tertiary/aromatic N) is 3. The van der Waals surface area contributed by atoms with E-state index in [0.717, 1.165) is 17.1 Å². The fourth-order valence-electron chi connectivity index (χ4n) is 3.36. The van der Waals surface area contributed by atoms with Crippen molar-refractivity contribution >= 4 is 16.8 Å². The van der Waals surface area contributed by atoms with Crippen LogP contribution in [0, 0.1) is 5.82 Å². The van der Waals surface area contributed by atoms with Gasteiger partial charge in [0.2, 0.25) is 0 Å². The number of piperidine rings is 1. The van der Waals surface area contributed by atoms with Crippen LogP contribution in [0.4, 0.5) is 23.4 Å². The van der Waals surface area contributed by atoms with Gasteiger partial charge in [-0.1, -0.05) is 11.2 Å². The lowest BCUT2D eigenvalue weighted by Gasteiger charge is -2.32. The van der Waals surface area contributed by atoms with Crippen LogP contribution in [0.2, 0.25) is 0 Å². The molecule has 3 heterocycles. The molecular weight excluding hydrogens is 350 g/mol. The monoisotopic (exact) mass is 365 g/mol. The smallest absolute Gasteiger partial charge is 0.357 e. The third kappa shape index (κ3) is 3.11. The standard InChI is InChI=1S/C18H15F4N3O/c19-12-4-5-13-14(10-12)26-24-17(13)11-6-8-25(9-7-11)16-3-1-2-15(23-16)18(20,21)22/h1-5,10-11H,6-9H2. The van der Waals surface area contributed by atoms with Gasteiger partial charge in [0, 0.05) is 30.5 Å². The van der Waals surface area contributed by atoms with E-state index in [9.17, 15) is 17.6 Å². The molecule has 1 aliphatic heterocycles. The van der Waals surface area contributed by atoms with Crippen LogP contribution in [0.1, 0.15) is 30.1 Å². The normalized spacial score (nSPS) is 16.4. The van der Waals surface area contributed by atoms with Crippen LogP contribution in [0.3, 0.4) is 0 Å². The molecule has 8 heteroatoms. The molecule has 0 amide bonds. The van der Waals surface area contributed by atoms with Crippen molar-refractivity contribution in [1.29, 1.82) is 0 Å². The molecule has 2 aromatic heterocycles. The van der Waals surface area contributed by atoms with E-state index in [0.29, 0.717) is 37.3 Å². The molecule has 136 valence electrons. The molecule has 0 atom stereocenters. The first kappa shape index (κ1) is 16.8. The van der Waals surface area contributed by atoms with Gasteiger partial charge < -0.3 is 9.42 Å². The summed E-state index contributed by atoms with van der Waals surface area (Å²) in [5.74, 6) is 0.0553. The van der Waals surface area contributed by atoms with Crippen LogP contribution < -0.4 is 4.90 Å². The van der Waals surface area contributed by atoms with Crippen molar-refractivity contribution in [2.24, 2.45) is 0 Å². The Labute approximate surface area is 146 Å². The minimum atomic E-state index is -4.46. The first-order valence-corrected chi connectivity index (χ1v) is 8.26. The predicted octanol–water partition coefficient (Wildman–Crippen LogP) is 4.76. The molecule has 4 nitrogen and oxygen atoms in total. The van der Waals surface area contributed by atoms with Crippen LogP contribution >= 0.6 is 0 Å². The molecule has 0 aliphatic carbocycles. The highest BCUT2D eigenvalue weighted by Gasteiger charge is 2.33. The summed E-state index contributed by atoms with van der Waals surface area (Å²) in [5.41, 5.74) is 0.292. The highest BCUT2D eigenvalue weighted by molar-refractivity contribution is 5.80. The number of alkyl halides is 3. The Bertz CT molecular complexity index is 930. The van der Waals surface area contributed by atoms with Gasteiger partial charge in [0.1, 0.15) is 17.3 Å². The van der Waals surface area contributed by atoms with Gasteiger partial charge in [0.05, 0.1) is 5.69 Å². The second-order valence-corrected chi connectivity index (χ2v) is 6.35. The Balaban J connectivity index is 1.50. The summed E-state index contributed by atoms with van der Waals surface area (Å²) in [6, 6.07) is 8.24. The maximum Gasteiger partial charge on any atom is 0.433 e. The summed E-state index contributed by atoms with van der Waals surface area (Å²) >= 11 is 0. The zero-order valence-electron chi connectivity index (χ0n) is 13.6. The molecule has 0 radical (unpaired) electrons. The van der Waals surface area contributed by atoms with Crippen LogP contribution in [0.15, 0.2) is 40.9 Å². The molecule has 0 unspecified atom stereocenters. The zero-order chi connectivity index (χ0) is 18.3. The Morgan fingerprint density at radius 2 is 1.85 bits per heavy atom. The topological polar surface area (TPSA) is 42.2 Å². The second kappa shape index (κ2) is 6.26. The largest absolute Gasteiger partial charge is 0.433 e. The summed E-state index contributed by atoms with van der Waals surface area (Å²) < 4.78 is 57.0. The van der Waals surface area contributed by atoms with Gasteiger partial charge >= 0.3 is 6.18 Å². The number of hydrogen-bond donors (Lipinski definition) is 0. The van der Waals surface area contributed by atoms with E-state index in [1.807, 2.05) is 4.90 Å². The average molecular weight is 365 g/mol. The van der Waals surface area contributed by atoms with Crippen molar-refractivity contribution in [1.82, 2.24) is 10.1 Å². The average Bonchev–Trinajstić information content (AvgIpc) is 3.04. The Kier molecular flexibility index (Phi) is 4.05. The molecular formula is C18H15F4N3O. The van der Waals surface area contributed by atoms with Gasteiger partial charge in [-0.05, 0) is 37.1 Å². The molecule has 1 aliphatic rings. The molecule has 0 saturated carbocycles. The minimum Gasteiger partial charge on any atom is -0.357 e. The summed E-state index contributed by atoms with van der Waals surface area (Å²) in [6.45, 7) is 1.13. The van der Waals surface area contributed by atoms with Crippen molar-refractivity contribution in [3.05, 3.63) is 53.6 Å². The maximum absolute atomic E-state index is 13.3. The number of rotatable bonds is 2. The van der Waals surface area contributed by atoms with Crippen LogP contribution in [0.5, 0.6) is 0 Å². The lowest BCUT2D eigenvalue weighted by atomic mass is 9.91. The number of halogens is 4. The number of anilines is 1. The quantitative estimate of drug-likeness (QED) is 0.614. The Hall–Kier alpha value is -2.64. The number of aromatic nitrogens is 2. The van der Waals surface area contributed by atoms with Gasteiger partial charge in [-0.15, -0.1) is 0 Å². The molecule has 0 bridgehead atoms. The van der Waals surface area contributed by atoms with Crippen LogP contribution in [0.25, 0.3) is 11.0 Å². The van der Waals surface area contributed by atoms with E-state index < -0.39 is 11.9 Å². The lowest BCUT2D eigenvalue weighted by Crippen LogP contribution is -2.34. The molecule has 0 spiro atoms. The van der Waals surface area contributed by atoms with Crippen molar-refractivity contribution in [2.45, 2.75) is 24.9 Å². The summed E-state index contributed by atoms with van der Waals surface area (Å²) in [4.78, 5) is 5.58. The predicted molar refractivity (Wildman–Crippen MR) is 87.4 cm³/mol. The first-order chi connectivity index (χ1) is 12.4. The van der Waals surface area contributed by atoms with Gasteiger partial charge in [0.15, 0.2) is 5.58 Å². The zero-order valence-corrected chi connectivity index (χ0v) is 13.6. The molecule has 26 heavy (non-hydrogen) atoms. The van der Waals surface area contributed by atoms with E-state index in [1.54, 1.807) is 12.1 Å². The fourth-order valence-corrected chi connectivity index (χ4v) is 3.36. The van der Waals surface area contributed by atoms with Crippen molar-refractivity contribution in [2.75, 3.05) is 18.0 Å². The number of hydrogen-bond acceptors (Lipinski definition) is 4. The second-order valence-electron chi connectivity index (χ2n) is 6.35. The minimum absolute atomic E-state index is 0.115. The van der Waals surface area contributed by atoms with E-state index in [1.165, 1.54) is 18.2 Å². The van der Waals surface area contributed by atoms with Gasteiger partial charge in [-0.25, -0.2) is 9.37 Å². The fraction of sp³-hybridized carbons (Fsp3) is 0.333. The lowest BCUT2D eigenvalue weighted by molar-refractivity contribution is -0.141. The SMILES string of the molecule is Fc1ccc2c(C3CCN(c4cccc(C(F)(F)F)n4)CC3)noc2c1. The molecule has 1 saturated heterocycles. The van der Waals surface area contributed by atoms with Crippen molar-refractivity contribution in [3.8, 4) is 0 Å². The van der Waals surface area contributed by atoms with Gasteiger partial charge in [-0.3, -0.25) is 0 Å². The van der Waals surface area contributed by atoms with Gasteiger partial charge in [0.25, 0.3) is 0 Å². The third-order valence-electron chi connectivity index (χ3n) is 4.69. The Morgan fingerprint density at radius 1 is 1.08 bits per heavy atom. The van der Waals surface area contributed by atoms with Crippen LogP contribution in [-0.2, 0) is 6.18 Å². The van der Waals surface area contributed by atoms with E-state index in [4.69, 9.17) is 4.52 Å². The number of fused-ring (bicyclic) bond motifs is 1. The van der Waals surface area contributed by atoms with E-state index >= 15 is 0 Å². The molecule has 3 aromatic rings. The highest BCUT2D eigenvalue weighted by Crippen LogP contribution is 2.34. The summed E-state index contributed by atoms with van der Waals surface area (Å²) in [5, 5.41) is 4.86. The summed E-state index contributed by atoms with van der Waals surface area (Å²) in [7, 11) is 0. The third-order valence-corrected chi connectivity index (χ3v) is 4.69. The van der Waals surface area contributed by atoms with Crippen molar-refractivity contribution in [3.63, 3.8) is 0 Å². The summed E-state index contributed by atoms with van der Waals surface area (Å²) in [6.07, 6.45) is -3.04. The van der Waals surface area contributed by atoms with Crippen LogP contribution in [-0.4, -0.2) is 23.2 Å². The van der Waals surface area contributed by atoms with Crippen molar-refractivity contribution < 1.29 is 22.1 Å². The van der Waals surface area contributed by atoms with E-state index in [-0.39, 0.29) is 11.7 Å². The first-order valence-electron chi connectivity index (χ1n) is 8.26. The molecule has 1 fully saturated rings. The maximum atomic E-state index is 13.3. The molecule has 0 N–H and O–H groups in total. The van der Waals surface area contributed by atoms with Gasteiger partial charge in [-0.2, -0.15) is 13.2 Å². The molecule has 4 rings (SSSR count). The Morgan fingerprint density at radius 3 is 2.58 bits per heavy atom. The number of benzene rings is 1.